The molecule has 0 heterocycles. The van der Waals surface area contributed by atoms with E-state index in [9.17, 15) is 22.4 Å². The molecule has 0 radical (unpaired) electrons. The number of benzene rings is 2. The number of anilines is 2. The normalized spacial score (nSPS) is 12.4. The van der Waals surface area contributed by atoms with E-state index >= 15 is 0 Å². The van der Waals surface area contributed by atoms with E-state index in [1.807, 2.05) is 0 Å². The van der Waals surface area contributed by atoms with Crippen LogP contribution in [0.15, 0.2) is 73.0 Å². The number of amides is 2. The zero-order valence-electron chi connectivity index (χ0n) is 15.5. The van der Waals surface area contributed by atoms with E-state index in [0.717, 1.165) is 11.1 Å². The second-order valence-corrected chi connectivity index (χ2v) is 6.09. The fourth-order valence-electron chi connectivity index (χ4n) is 2.43. The summed E-state index contributed by atoms with van der Waals surface area (Å²) in [6, 6.07) is 7.52. The van der Waals surface area contributed by atoms with Crippen LogP contribution in [0.25, 0.3) is 5.57 Å². The number of nitrogens with one attached hydrogen (secondary N) is 2. The van der Waals surface area contributed by atoms with Gasteiger partial charge < -0.3 is 16.4 Å². The maximum absolute atomic E-state index is 13.7. The van der Waals surface area contributed by atoms with Crippen molar-refractivity contribution in [3.05, 3.63) is 89.9 Å². The van der Waals surface area contributed by atoms with Crippen molar-refractivity contribution in [2.24, 2.45) is 5.73 Å². The molecule has 2 aromatic rings. The van der Waals surface area contributed by atoms with Gasteiger partial charge in [-0.05, 0) is 54.5 Å². The summed E-state index contributed by atoms with van der Waals surface area (Å²) in [7, 11) is 0. The van der Waals surface area contributed by atoms with Crippen LogP contribution < -0.4 is 16.4 Å². The number of halogens is 4. The summed E-state index contributed by atoms with van der Waals surface area (Å²) < 4.78 is 52.0. The molecule has 152 valence electrons. The number of alkyl halides is 3. The van der Waals surface area contributed by atoms with Gasteiger partial charge in [-0.3, -0.25) is 0 Å². The average molecular weight is 405 g/mol. The molecular weight excluding hydrogens is 386 g/mol. The Bertz CT molecular complexity index is 957. The molecule has 2 aromatic carbocycles. The highest BCUT2D eigenvalue weighted by Gasteiger charge is 2.31. The Balaban J connectivity index is 2.13. The fraction of sp³-hybridized carbons (Fsp3) is 0.0952. The highest BCUT2D eigenvalue weighted by Crippen LogP contribution is 2.31. The van der Waals surface area contributed by atoms with E-state index in [2.05, 4.69) is 17.2 Å². The topological polar surface area (TPSA) is 67.1 Å². The molecule has 2 amide bonds. The first-order valence-electron chi connectivity index (χ1n) is 8.42. The SMILES string of the molecule is C=C/C=C(\C=C(\C)N)c1ccc(NC(=O)Nc2cc(C(F)(F)F)ccc2F)cc1. The molecule has 0 aromatic heterocycles. The molecule has 29 heavy (non-hydrogen) atoms. The van der Waals surface area contributed by atoms with Crippen LogP contribution in [0.5, 0.6) is 0 Å². The molecular formula is C21H19F4N3O. The molecule has 0 bridgehead atoms. The Morgan fingerprint density at radius 2 is 1.76 bits per heavy atom. The van der Waals surface area contributed by atoms with Crippen LogP contribution in [0.1, 0.15) is 18.1 Å². The predicted octanol–water partition coefficient (Wildman–Crippen LogP) is 5.92. The molecule has 0 aliphatic rings. The lowest BCUT2D eigenvalue weighted by Gasteiger charge is -2.12. The van der Waals surface area contributed by atoms with Gasteiger partial charge in [0.1, 0.15) is 5.82 Å². The highest BCUT2D eigenvalue weighted by atomic mass is 19.4. The largest absolute Gasteiger partial charge is 0.416 e. The Hall–Kier alpha value is -3.55. The highest BCUT2D eigenvalue weighted by molar-refractivity contribution is 6.00. The molecule has 0 aliphatic heterocycles. The maximum Gasteiger partial charge on any atom is 0.416 e. The number of hydrogen-bond donors (Lipinski definition) is 3. The zero-order valence-corrected chi connectivity index (χ0v) is 15.5. The van der Waals surface area contributed by atoms with Crippen LogP contribution in [-0.2, 0) is 6.18 Å². The molecule has 4 N–H and O–H groups in total. The van der Waals surface area contributed by atoms with Crippen molar-refractivity contribution in [3.8, 4) is 0 Å². The zero-order chi connectivity index (χ0) is 21.6. The van der Waals surface area contributed by atoms with Gasteiger partial charge in [-0.25, -0.2) is 9.18 Å². The number of allylic oxidation sites excluding steroid dienone is 5. The minimum absolute atomic E-state index is 0.366. The Morgan fingerprint density at radius 1 is 1.10 bits per heavy atom. The monoisotopic (exact) mass is 405 g/mol. The van der Waals surface area contributed by atoms with E-state index in [1.54, 1.807) is 49.4 Å². The van der Waals surface area contributed by atoms with Gasteiger partial charge in [0.05, 0.1) is 11.3 Å². The van der Waals surface area contributed by atoms with Gasteiger partial charge in [0, 0.05) is 11.4 Å². The van der Waals surface area contributed by atoms with Crippen LogP contribution in [0.2, 0.25) is 0 Å². The first-order valence-corrected chi connectivity index (χ1v) is 8.42. The second kappa shape index (κ2) is 9.09. The summed E-state index contributed by atoms with van der Waals surface area (Å²) >= 11 is 0. The van der Waals surface area contributed by atoms with Gasteiger partial charge >= 0.3 is 12.2 Å². The van der Waals surface area contributed by atoms with Gasteiger partial charge in [-0.15, -0.1) is 0 Å². The molecule has 2 rings (SSSR count). The minimum Gasteiger partial charge on any atom is -0.402 e. The maximum atomic E-state index is 13.7. The van der Waals surface area contributed by atoms with Crippen molar-refractivity contribution < 1.29 is 22.4 Å². The predicted molar refractivity (Wildman–Crippen MR) is 107 cm³/mol. The van der Waals surface area contributed by atoms with Gasteiger partial charge in [0.25, 0.3) is 0 Å². The number of carbonyl (C=O) groups is 1. The molecule has 4 nitrogen and oxygen atoms in total. The van der Waals surface area contributed by atoms with Gasteiger partial charge in [0.2, 0.25) is 0 Å². The smallest absolute Gasteiger partial charge is 0.402 e. The molecule has 0 aliphatic carbocycles. The number of rotatable bonds is 5. The molecule has 0 unspecified atom stereocenters. The van der Waals surface area contributed by atoms with Crippen LogP contribution in [0, 0.1) is 5.82 Å². The molecule has 0 fully saturated rings. The summed E-state index contributed by atoms with van der Waals surface area (Å²) in [6.07, 6.45) is 0.483. The van der Waals surface area contributed by atoms with E-state index in [1.165, 1.54) is 0 Å². The third kappa shape index (κ3) is 6.24. The molecule has 0 spiro atoms. The van der Waals surface area contributed by atoms with Crippen LogP contribution in [-0.4, -0.2) is 6.03 Å². The van der Waals surface area contributed by atoms with E-state index in [4.69, 9.17) is 5.73 Å². The molecule has 0 saturated carbocycles. The molecule has 0 saturated heterocycles. The lowest BCUT2D eigenvalue weighted by atomic mass is 10.0. The van der Waals surface area contributed by atoms with Crippen LogP contribution in [0.4, 0.5) is 33.7 Å². The number of nitrogens with two attached hydrogens (primary N) is 1. The minimum atomic E-state index is -4.65. The Morgan fingerprint density at radius 3 is 2.31 bits per heavy atom. The lowest BCUT2D eigenvalue weighted by molar-refractivity contribution is -0.137. The summed E-state index contributed by atoms with van der Waals surface area (Å²) in [5.74, 6) is -0.980. The second-order valence-electron chi connectivity index (χ2n) is 6.09. The van der Waals surface area contributed by atoms with Crippen LogP contribution in [0.3, 0.4) is 0 Å². The number of carbonyl (C=O) groups excluding carboxylic acids is 1. The summed E-state index contributed by atoms with van der Waals surface area (Å²) in [4.78, 5) is 12.0. The quantitative estimate of drug-likeness (QED) is 0.427. The van der Waals surface area contributed by atoms with Crippen LogP contribution >= 0.6 is 0 Å². The van der Waals surface area contributed by atoms with E-state index < -0.39 is 29.3 Å². The fourth-order valence-corrected chi connectivity index (χ4v) is 2.43. The van der Waals surface area contributed by atoms with Crippen molar-refractivity contribution >= 4 is 23.0 Å². The molecule has 0 atom stereocenters. The van der Waals surface area contributed by atoms with Crippen molar-refractivity contribution in [1.29, 1.82) is 0 Å². The third-order valence-electron chi connectivity index (χ3n) is 3.70. The standard InChI is InChI=1S/C21H19F4N3O/c1-3-4-15(11-13(2)26)14-5-8-17(9-6-14)27-20(29)28-19-12-16(21(23,24)25)7-10-18(19)22/h3-12H,1,26H2,2H3,(H2,27,28,29)/b13-11-,15-4+. The van der Waals surface area contributed by atoms with Crippen molar-refractivity contribution in [2.75, 3.05) is 10.6 Å². The van der Waals surface area contributed by atoms with Crippen molar-refractivity contribution in [3.63, 3.8) is 0 Å². The Kier molecular flexibility index (Phi) is 6.82. The Labute approximate surface area is 165 Å². The first-order chi connectivity index (χ1) is 13.6. The van der Waals surface area contributed by atoms with Crippen molar-refractivity contribution in [1.82, 2.24) is 0 Å². The van der Waals surface area contributed by atoms with Gasteiger partial charge in [-0.1, -0.05) is 30.9 Å². The van der Waals surface area contributed by atoms with Gasteiger partial charge in [0.15, 0.2) is 0 Å². The number of hydrogen-bond acceptors (Lipinski definition) is 2. The summed E-state index contributed by atoms with van der Waals surface area (Å²) in [6.45, 7) is 5.39. The lowest BCUT2D eigenvalue weighted by Crippen LogP contribution is -2.20. The third-order valence-corrected chi connectivity index (χ3v) is 3.70. The average Bonchev–Trinajstić information content (AvgIpc) is 2.62. The van der Waals surface area contributed by atoms with E-state index in [-0.39, 0.29) is 0 Å². The van der Waals surface area contributed by atoms with Gasteiger partial charge in [-0.2, -0.15) is 13.2 Å². The number of urea groups is 1. The summed E-state index contributed by atoms with van der Waals surface area (Å²) in [5, 5.41) is 4.52. The molecule has 8 heteroatoms. The van der Waals surface area contributed by atoms with E-state index in [0.29, 0.717) is 29.6 Å². The summed E-state index contributed by atoms with van der Waals surface area (Å²) in [5.41, 5.74) is 6.64. The first kappa shape index (κ1) is 21.7. The van der Waals surface area contributed by atoms with Crippen molar-refractivity contribution in [2.45, 2.75) is 13.1 Å².